The molecule has 4 aromatic rings. The Labute approximate surface area is 168 Å². The zero-order valence-electron chi connectivity index (χ0n) is 15.0. The molecular weight excluding hydrogens is 393 g/mol. The molecule has 6 nitrogen and oxygen atoms in total. The summed E-state index contributed by atoms with van der Waals surface area (Å²) in [5, 5.41) is 12.0. The van der Waals surface area contributed by atoms with Gasteiger partial charge in [-0.1, -0.05) is 42.1 Å². The van der Waals surface area contributed by atoms with Gasteiger partial charge in [0.2, 0.25) is 0 Å². The van der Waals surface area contributed by atoms with E-state index in [1.807, 2.05) is 0 Å². The summed E-state index contributed by atoms with van der Waals surface area (Å²) in [7, 11) is 0. The summed E-state index contributed by atoms with van der Waals surface area (Å²) < 4.78 is 14.5. The standard InChI is InChI=1S/C21H14FN3O3S/c22-15-10-8-14(9-11-15)13-29-21-23-19-7-2-1-6-18(19)20(26)24(21)16-4-3-5-17(12-16)25(27)28/h1-12H,13H2. The number of thioether (sulfide) groups is 1. The van der Waals surface area contributed by atoms with E-state index in [1.165, 1.54) is 46.7 Å². The number of hydrogen-bond acceptors (Lipinski definition) is 5. The van der Waals surface area contributed by atoms with E-state index < -0.39 is 4.92 Å². The minimum Gasteiger partial charge on any atom is -0.268 e. The van der Waals surface area contributed by atoms with Gasteiger partial charge in [-0.05, 0) is 35.9 Å². The van der Waals surface area contributed by atoms with Gasteiger partial charge in [0.25, 0.3) is 11.2 Å². The van der Waals surface area contributed by atoms with E-state index in [4.69, 9.17) is 0 Å². The normalized spacial score (nSPS) is 10.9. The first-order chi connectivity index (χ1) is 14.0. The molecule has 0 spiro atoms. The molecular formula is C21H14FN3O3S. The molecule has 1 aromatic heterocycles. The fourth-order valence-corrected chi connectivity index (χ4v) is 3.88. The largest absolute Gasteiger partial charge is 0.271 e. The lowest BCUT2D eigenvalue weighted by Gasteiger charge is -2.13. The third-order valence-corrected chi connectivity index (χ3v) is 5.33. The zero-order valence-corrected chi connectivity index (χ0v) is 15.8. The molecule has 0 aliphatic rings. The van der Waals surface area contributed by atoms with Crippen LogP contribution in [0, 0.1) is 15.9 Å². The third-order valence-electron chi connectivity index (χ3n) is 4.32. The Morgan fingerprint density at radius 1 is 1.03 bits per heavy atom. The lowest BCUT2D eigenvalue weighted by molar-refractivity contribution is -0.384. The molecule has 8 heteroatoms. The highest BCUT2D eigenvalue weighted by atomic mass is 32.2. The van der Waals surface area contributed by atoms with Crippen LogP contribution in [0.25, 0.3) is 16.6 Å². The fourth-order valence-electron chi connectivity index (χ4n) is 2.91. The lowest BCUT2D eigenvalue weighted by atomic mass is 10.2. The second kappa shape index (κ2) is 7.84. The molecule has 0 amide bonds. The van der Waals surface area contributed by atoms with E-state index in [9.17, 15) is 19.3 Å². The summed E-state index contributed by atoms with van der Waals surface area (Å²) in [6, 6.07) is 18.9. The minimum absolute atomic E-state index is 0.114. The number of fused-ring (bicyclic) bond motifs is 1. The van der Waals surface area contributed by atoms with Gasteiger partial charge in [0, 0.05) is 17.9 Å². The van der Waals surface area contributed by atoms with Crippen LogP contribution in [0.4, 0.5) is 10.1 Å². The molecule has 0 fully saturated rings. The van der Waals surface area contributed by atoms with Crippen molar-refractivity contribution in [3.05, 3.63) is 105 Å². The SMILES string of the molecule is O=c1c2ccccc2nc(SCc2ccc(F)cc2)n1-c1cccc([N+](=O)[O-])c1. The Bertz CT molecular complexity index is 1270. The number of rotatable bonds is 5. The summed E-state index contributed by atoms with van der Waals surface area (Å²) in [4.78, 5) is 28.4. The van der Waals surface area contributed by atoms with Crippen molar-refractivity contribution in [2.24, 2.45) is 0 Å². The van der Waals surface area contributed by atoms with E-state index in [2.05, 4.69) is 4.98 Å². The van der Waals surface area contributed by atoms with Gasteiger partial charge in [-0.15, -0.1) is 0 Å². The van der Waals surface area contributed by atoms with Crippen LogP contribution in [-0.4, -0.2) is 14.5 Å². The Morgan fingerprint density at radius 2 is 1.79 bits per heavy atom. The van der Waals surface area contributed by atoms with Crippen molar-refractivity contribution < 1.29 is 9.31 Å². The number of nitro benzene ring substituents is 1. The van der Waals surface area contributed by atoms with Gasteiger partial charge in [0.1, 0.15) is 5.82 Å². The molecule has 3 aromatic carbocycles. The molecule has 1 heterocycles. The topological polar surface area (TPSA) is 78.0 Å². The van der Waals surface area contributed by atoms with E-state index >= 15 is 0 Å². The number of hydrogen-bond donors (Lipinski definition) is 0. The van der Waals surface area contributed by atoms with Crippen molar-refractivity contribution in [1.29, 1.82) is 0 Å². The highest BCUT2D eigenvalue weighted by Gasteiger charge is 2.16. The van der Waals surface area contributed by atoms with Gasteiger partial charge in [0.05, 0.1) is 21.5 Å². The van der Waals surface area contributed by atoms with Gasteiger partial charge >= 0.3 is 0 Å². The van der Waals surface area contributed by atoms with Gasteiger partial charge < -0.3 is 0 Å². The minimum atomic E-state index is -0.506. The zero-order chi connectivity index (χ0) is 20.4. The predicted octanol–water partition coefficient (Wildman–Crippen LogP) is 4.73. The summed E-state index contributed by atoms with van der Waals surface area (Å²) >= 11 is 1.30. The molecule has 0 aliphatic heterocycles. The van der Waals surface area contributed by atoms with Crippen LogP contribution in [0.2, 0.25) is 0 Å². The summed E-state index contributed by atoms with van der Waals surface area (Å²) in [6.07, 6.45) is 0. The van der Waals surface area contributed by atoms with Crippen molar-refractivity contribution in [2.75, 3.05) is 0 Å². The molecule has 0 saturated heterocycles. The van der Waals surface area contributed by atoms with Crippen molar-refractivity contribution in [2.45, 2.75) is 10.9 Å². The van der Waals surface area contributed by atoms with Crippen molar-refractivity contribution in [3.63, 3.8) is 0 Å². The van der Waals surface area contributed by atoms with Crippen LogP contribution in [0.15, 0.2) is 82.7 Å². The Kier molecular flexibility index (Phi) is 5.09. The van der Waals surface area contributed by atoms with Gasteiger partial charge in [-0.3, -0.25) is 19.5 Å². The number of non-ortho nitro benzene ring substituents is 1. The monoisotopic (exact) mass is 407 g/mol. The van der Waals surface area contributed by atoms with Crippen LogP contribution in [-0.2, 0) is 5.75 Å². The van der Waals surface area contributed by atoms with E-state index in [1.54, 1.807) is 42.5 Å². The molecule has 0 radical (unpaired) electrons. The van der Waals surface area contributed by atoms with Crippen LogP contribution in [0.3, 0.4) is 0 Å². The molecule has 0 atom stereocenters. The van der Waals surface area contributed by atoms with Gasteiger partial charge in [-0.2, -0.15) is 0 Å². The molecule has 29 heavy (non-hydrogen) atoms. The second-order valence-electron chi connectivity index (χ2n) is 6.24. The molecule has 0 unspecified atom stereocenters. The first-order valence-electron chi connectivity index (χ1n) is 8.67. The number of halogens is 1. The third kappa shape index (κ3) is 3.88. The fraction of sp³-hybridized carbons (Fsp3) is 0.0476. The number of para-hydroxylation sites is 1. The maximum Gasteiger partial charge on any atom is 0.271 e. The number of nitrogens with zero attached hydrogens (tertiary/aromatic N) is 3. The first-order valence-corrected chi connectivity index (χ1v) is 9.65. The van der Waals surface area contributed by atoms with Crippen molar-refractivity contribution >= 4 is 28.4 Å². The van der Waals surface area contributed by atoms with E-state index in [0.717, 1.165) is 5.56 Å². The molecule has 4 rings (SSSR count). The Balaban J connectivity index is 1.84. The lowest BCUT2D eigenvalue weighted by Crippen LogP contribution is -2.21. The van der Waals surface area contributed by atoms with E-state index in [0.29, 0.717) is 27.5 Å². The number of nitro groups is 1. The van der Waals surface area contributed by atoms with Crippen LogP contribution in [0.5, 0.6) is 0 Å². The first kappa shape index (κ1) is 18.8. The van der Waals surface area contributed by atoms with Crippen LogP contribution in [0.1, 0.15) is 5.56 Å². The van der Waals surface area contributed by atoms with Gasteiger partial charge in [0.15, 0.2) is 5.16 Å². The predicted molar refractivity (Wildman–Crippen MR) is 110 cm³/mol. The molecule has 0 N–H and O–H groups in total. The quantitative estimate of drug-likeness (QED) is 0.207. The maximum atomic E-state index is 13.2. The molecule has 0 saturated carbocycles. The molecule has 0 aliphatic carbocycles. The van der Waals surface area contributed by atoms with Crippen LogP contribution >= 0.6 is 11.8 Å². The van der Waals surface area contributed by atoms with Crippen molar-refractivity contribution in [1.82, 2.24) is 9.55 Å². The second-order valence-corrected chi connectivity index (χ2v) is 7.19. The average Bonchev–Trinajstić information content (AvgIpc) is 2.73. The Morgan fingerprint density at radius 3 is 2.55 bits per heavy atom. The highest BCUT2D eigenvalue weighted by Crippen LogP contribution is 2.26. The van der Waals surface area contributed by atoms with Crippen molar-refractivity contribution in [3.8, 4) is 5.69 Å². The number of benzene rings is 3. The maximum absolute atomic E-state index is 13.2. The molecule has 0 bridgehead atoms. The Hall–Kier alpha value is -3.52. The average molecular weight is 407 g/mol. The smallest absolute Gasteiger partial charge is 0.268 e. The summed E-state index contributed by atoms with van der Waals surface area (Å²) in [6.45, 7) is 0. The molecule has 144 valence electrons. The van der Waals surface area contributed by atoms with Crippen LogP contribution < -0.4 is 5.56 Å². The summed E-state index contributed by atoms with van der Waals surface area (Å²) in [5.74, 6) is 0.135. The van der Waals surface area contributed by atoms with E-state index in [-0.39, 0.29) is 17.1 Å². The highest BCUT2D eigenvalue weighted by molar-refractivity contribution is 7.98. The summed E-state index contributed by atoms with van der Waals surface area (Å²) in [5.41, 5.74) is 1.35. The van der Waals surface area contributed by atoms with Gasteiger partial charge in [-0.25, -0.2) is 9.37 Å². The number of aromatic nitrogens is 2.